The van der Waals surface area contributed by atoms with Gasteiger partial charge in [-0.05, 0) is 36.6 Å². The van der Waals surface area contributed by atoms with Crippen LogP contribution < -0.4 is 10.1 Å². The largest absolute Gasteiger partial charge is 0.455 e. The van der Waals surface area contributed by atoms with Gasteiger partial charge in [0.25, 0.3) is 0 Å². The summed E-state index contributed by atoms with van der Waals surface area (Å²) in [6.07, 6.45) is -2.68. The Balaban J connectivity index is 1.97. The first-order valence-corrected chi connectivity index (χ1v) is 8.49. The standard InChI is InChI=1S/C16H11ClF3NO2S/c1-24-14-13-10(21-15(14)22)3-2-4-12(13)23-11-6-5-8(7-9(11)17)16(18,19)20/h2-7,14H,1H3,(H,21,22). The number of carbonyl (C=O) groups excluding carboxylic acids is 1. The summed E-state index contributed by atoms with van der Waals surface area (Å²) in [5.74, 6) is 0.316. The van der Waals surface area contributed by atoms with Crippen molar-refractivity contribution in [2.75, 3.05) is 11.6 Å². The third-order valence-corrected chi connectivity index (χ3v) is 4.76. The van der Waals surface area contributed by atoms with Gasteiger partial charge < -0.3 is 10.1 Å². The molecule has 0 radical (unpaired) electrons. The zero-order valence-electron chi connectivity index (χ0n) is 12.3. The molecule has 0 fully saturated rings. The molecule has 1 N–H and O–H groups in total. The number of thioether (sulfide) groups is 1. The van der Waals surface area contributed by atoms with Gasteiger partial charge in [-0.2, -0.15) is 13.2 Å². The zero-order valence-corrected chi connectivity index (χ0v) is 13.9. The number of benzene rings is 2. The molecule has 3 rings (SSSR count). The van der Waals surface area contributed by atoms with Crippen molar-refractivity contribution >= 4 is 35.0 Å². The minimum Gasteiger partial charge on any atom is -0.455 e. The maximum Gasteiger partial charge on any atom is 0.416 e. The normalized spacial score (nSPS) is 16.7. The van der Waals surface area contributed by atoms with Crippen LogP contribution in [0.2, 0.25) is 5.02 Å². The van der Waals surface area contributed by atoms with Gasteiger partial charge in [-0.3, -0.25) is 4.79 Å². The lowest BCUT2D eigenvalue weighted by Gasteiger charge is -2.15. The lowest BCUT2D eigenvalue weighted by molar-refractivity contribution is -0.137. The van der Waals surface area contributed by atoms with E-state index in [9.17, 15) is 18.0 Å². The van der Waals surface area contributed by atoms with E-state index in [1.54, 1.807) is 24.5 Å². The van der Waals surface area contributed by atoms with Crippen molar-refractivity contribution in [3.63, 3.8) is 0 Å². The van der Waals surface area contributed by atoms with Crippen LogP contribution in [0, 0.1) is 0 Å². The average Bonchev–Trinajstić information content (AvgIpc) is 2.84. The number of carbonyl (C=O) groups is 1. The Labute approximate surface area is 145 Å². The first kappa shape index (κ1) is 17.0. The fourth-order valence-electron chi connectivity index (χ4n) is 2.45. The molecule has 24 heavy (non-hydrogen) atoms. The van der Waals surface area contributed by atoms with E-state index in [1.807, 2.05) is 0 Å². The highest BCUT2D eigenvalue weighted by Gasteiger charge is 2.34. The summed E-state index contributed by atoms with van der Waals surface area (Å²) in [6.45, 7) is 0. The van der Waals surface area contributed by atoms with Crippen molar-refractivity contribution in [1.29, 1.82) is 0 Å². The van der Waals surface area contributed by atoms with Gasteiger partial charge in [0.05, 0.1) is 10.6 Å². The topological polar surface area (TPSA) is 38.3 Å². The summed E-state index contributed by atoms with van der Waals surface area (Å²) in [7, 11) is 0. The Morgan fingerprint density at radius 1 is 1.21 bits per heavy atom. The maximum atomic E-state index is 12.7. The smallest absolute Gasteiger partial charge is 0.416 e. The number of amides is 1. The SMILES string of the molecule is CSC1C(=O)Nc2cccc(Oc3ccc(C(F)(F)F)cc3Cl)c21. The molecule has 0 aliphatic carbocycles. The summed E-state index contributed by atoms with van der Waals surface area (Å²) in [4.78, 5) is 12.0. The summed E-state index contributed by atoms with van der Waals surface area (Å²) in [5, 5.41) is 2.15. The van der Waals surface area contributed by atoms with Gasteiger partial charge in [0, 0.05) is 11.3 Å². The lowest BCUT2D eigenvalue weighted by Crippen LogP contribution is -2.08. The molecular formula is C16H11ClF3NO2S. The van der Waals surface area contributed by atoms with Crippen molar-refractivity contribution in [2.24, 2.45) is 0 Å². The predicted molar refractivity (Wildman–Crippen MR) is 87.9 cm³/mol. The van der Waals surface area contributed by atoms with Crippen LogP contribution in [0.3, 0.4) is 0 Å². The third kappa shape index (κ3) is 3.06. The second kappa shape index (κ2) is 6.22. The number of alkyl halides is 3. The fraction of sp³-hybridized carbons (Fsp3) is 0.188. The Morgan fingerprint density at radius 2 is 1.96 bits per heavy atom. The second-order valence-electron chi connectivity index (χ2n) is 5.07. The third-order valence-electron chi connectivity index (χ3n) is 3.54. The Bertz CT molecular complexity index is 810. The van der Waals surface area contributed by atoms with Crippen molar-refractivity contribution in [1.82, 2.24) is 0 Å². The Morgan fingerprint density at radius 3 is 2.58 bits per heavy atom. The molecule has 8 heteroatoms. The molecular weight excluding hydrogens is 363 g/mol. The predicted octanol–water partition coefficient (Wildman–Crippen LogP) is 5.51. The molecule has 126 valence electrons. The van der Waals surface area contributed by atoms with Crippen LogP contribution >= 0.6 is 23.4 Å². The van der Waals surface area contributed by atoms with Gasteiger partial charge in [-0.15, -0.1) is 11.8 Å². The summed E-state index contributed by atoms with van der Waals surface area (Å²) < 4.78 is 43.8. The van der Waals surface area contributed by atoms with Crippen LogP contribution in [-0.2, 0) is 11.0 Å². The van der Waals surface area contributed by atoms with Crippen LogP contribution in [-0.4, -0.2) is 12.2 Å². The van der Waals surface area contributed by atoms with E-state index in [4.69, 9.17) is 16.3 Å². The number of halogens is 4. The first-order chi connectivity index (χ1) is 11.3. The van der Waals surface area contributed by atoms with Gasteiger partial charge >= 0.3 is 6.18 Å². The van der Waals surface area contributed by atoms with Crippen LogP contribution in [0.15, 0.2) is 36.4 Å². The molecule has 1 heterocycles. The van der Waals surface area contributed by atoms with Crippen molar-refractivity contribution in [2.45, 2.75) is 11.4 Å². The lowest BCUT2D eigenvalue weighted by atomic mass is 10.1. The van der Waals surface area contributed by atoms with Gasteiger partial charge in [0.15, 0.2) is 0 Å². The number of nitrogens with one attached hydrogen (secondary N) is 1. The van der Waals surface area contributed by atoms with E-state index in [0.29, 0.717) is 17.0 Å². The van der Waals surface area contributed by atoms with Crippen LogP contribution in [0.25, 0.3) is 0 Å². The van der Waals surface area contributed by atoms with Gasteiger partial charge in [0.1, 0.15) is 16.7 Å². The fourth-order valence-corrected chi connectivity index (χ4v) is 3.42. The monoisotopic (exact) mass is 373 g/mol. The average molecular weight is 374 g/mol. The van der Waals surface area contributed by atoms with Crippen molar-refractivity contribution < 1.29 is 22.7 Å². The highest BCUT2D eigenvalue weighted by atomic mass is 35.5. The highest BCUT2D eigenvalue weighted by molar-refractivity contribution is 7.99. The molecule has 2 aromatic carbocycles. The van der Waals surface area contributed by atoms with Crippen LogP contribution in [0.4, 0.5) is 18.9 Å². The molecule has 3 nitrogen and oxygen atoms in total. The first-order valence-electron chi connectivity index (χ1n) is 6.82. The molecule has 0 bridgehead atoms. The number of anilines is 1. The van der Waals surface area contributed by atoms with Crippen LogP contribution in [0.1, 0.15) is 16.4 Å². The number of rotatable bonds is 3. The van der Waals surface area contributed by atoms with Crippen molar-refractivity contribution in [3.05, 3.63) is 52.5 Å². The highest BCUT2D eigenvalue weighted by Crippen LogP contribution is 2.46. The Kier molecular flexibility index (Phi) is 4.40. The second-order valence-corrected chi connectivity index (χ2v) is 6.42. The van der Waals surface area contributed by atoms with Gasteiger partial charge in [0.2, 0.25) is 5.91 Å². The van der Waals surface area contributed by atoms with E-state index < -0.39 is 17.0 Å². The number of ether oxygens (including phenoxy) is 1. The molecule has 2 aromatic rings. The molecule has 1 aliphatic heterocycles. The van der Waals surface area contributed by atoms with Gasteiger partial charge in [-0.1, -0.05) is 17.7 Å². The van der Waals surface area contributed by atoms with Crippen molar-refractivity contribution in [3.8, 4) is 11.5 Å². The molecule has 1 unspecified atom stereocenters. The minimum atomic E-state index is -4.48. The summed E-state index contributed by atoms with van der Waals surface area (Å²) in [5.41, 5.74) is 0.433. The molecule has 0 spiro atoms. The quantitative estimate of drug-likeness (QED) is 0.771. The van der Waals surface area contributed by atoms with E-state index >= 15 is 0 Å². The molecule has 1 aliphatic rings. The summed E-state index contributed by atoms with van der Waals surface area (Å²) in [6, 6.07) is 7.97. The zero-order chi connectivity index (χ0) is 17.5. The maximum absolute atomic E-state index is 12.7. The summed E-state index contributed by atoms with van der Waals surface area (Å²) >= 11 is 7.27. The van der Waals surface area contributed by atoms with E-state index in [0.717, 1.165) is 12.1 Å². The number of hydrogen-bond acceptors (Lipinski definition) is 3. The molecule has 0 saturated heterocycles. The van der Waals surface area contributed by atoms with E-state index in [-0.39, 0.29) is 16.7 Å². The molecule has 1 amide bonds. The van der Waals surface area contributed by atoms with E-state index in [1.165, 1.54) is 17.8 Å². The molecule has 1 atom stereocenters. The minimum absolute atomic E-state index is 0.0947. The van der Waals surface area contributed by atoms with Gasteiger partial charge in [-0.25, -0.2) is 0 Å². The number of fused-ring (bicyclic) bond motifs is 1. The molecule has 0 aromatic heterocycles. The van der Waals surface area contributed by atoms with E-state index in [2.05, 4.69) is 5.32 Å². The number of hydrogen-bond donors (Lipinski definition) is 1. The van der Waals surface area contributed by atoms with Crippen LogP contribution in [0.5, 0.6) is 11.5 Å². The Hall–Kier alpha value is -1.86. The molecule has 0 saturated carbocycles.